The van der Waals surface area contributed by atoms with Gasteiger partial charge in [0.25, 0.3) is 0 Å². The first kappa shape index (κ1) is 12.0. The first-order chi connectivity index (χ1) is 9.31. The van der Waals surface area contributed by atoms with E-state index in [1.165, 1.54) is 5.56 Å². The number of rotatable bonds is 3. The Balaban J connectivity index is 1.80. The summed E-state index contributed by atoms with van der Waals surface area (Å²) in [6.45, 7) is 0. The maximum Gasteiger partial charge on any atom is 0.111 e. The number of benzene rings is 2. The highest BCUT2D eigenvalue weighted by Crippen LogP contribution is 2.18. The first-order valence-electron chi connectivity index (χ1n) is 6.15. The molecule has 1 heterocycles. The van der Waals surface area contributed by atoms with Gasteiger partial charge in [0.05, 0.1) is 5.69 Å². The fourth-order valence-corrected chi connectivity index (χ4v) is 2.13. The maximum atomic E-state index is 5.88. The molecule has 2 aromatic carbocycles. The molecule has 0 spiro atoms. The molecule has 0 amide bonds. The highest BCUT2D eigenvalue weighted by atomic mass is 35.5. The topological polar surface area (TPSA) is 28.7 Å². The third-order valence-electron chi connectivity index (χ3n) is 2.99. The number of imidazole rings is 1. The van der Waals surface area contributed by atoms with Gasteiger partial charge in [-0.05, 0) is 17.7 Å². The largest absolute Gasteiger partial charge is 0.348 e. The van der Waals surface area contributed by atoms with Crippen LogP contribution in [-0.2, 0) is 6.42 Å². The van der Waals surface area contributed by atoms with Crippen LogP contribution < -0.4 is 0 Å². The molecule has 0 atom stereocenters. The SMILES string of the molecule is Clc1ccc(Cc2nc(-c3ccccc3)c[nH]2)cc1. The zero-order valence-corrected chi connectivity index (χ0v) is 11.1. The summed E-state index contributed by atoms with van der Waals surface area (Å²) in [6, 6.07) is 18.0. The average Bonchev–Trinajstić information content (AvgIpc) is 2.91. The van der Waals surface area contributed by atoms with Crippen molar-refractivity contribution < 1.29 is 0 Å². The van der Waals surface area contributed by atoms with E-state index in [2.05, 4.69) is 22.1 Å². The lowest BCUT2D eigenvalue weighted by molar-refractivity contribution is 1.03. The molecule has 0 unspecified atom stereocenters. The Morgan fingerprint density at radius 2 is 1.68 bits per heavy atom. The molecule has 3 heteroatoms. The van der Waals surface area contributed by atoms with Crippen LogP contribution in [0.5, 0.6) is 0 Å². The Kier molecular flexibility index (Phi) is 3.34. The third-order valence-corrected chi connectivity index (χ3v) is 3.24. The second-order valence-electron chi connectivity index (χ2n) is 4.40. The molecule has 94 valence electrons. The van der Waals surface area contributed by atoms with E-state index < -0.39 is 0 Å². The molecular weight excluding hydrogens is 256 g/mol. The Hall–Kier alpha value is -2.06. The Morgan fingerprint density at radius 1 is 0.947 bits per heavy atom. The number of hydrogen-bond donors (Lipinski definition) is 1. The van der Waals surface area contributed by atoms with Gasteiger partial charge in [-0.3, -0.25) is 0 Å². The summed E-state index contributed by atoms with van der Waals surface area (Å²) in [5, 5.41) is 0.758. The lowest BCUT2D eigenvalue weighted by atomic mass is 10.1. The van der Waals surface area contributed by atoms with Crippen LogP contribution in [-0.4, -0.2) is 9.97 Å². The number of aromatic nitrogens is 2. The normalized spacial score (nSPS) is 10.6. The Morgan fingerprint density at radius 3 is 2.42 bits per heavy atom. The van der Waals surface area contributed by atoms with Crippen molar-refractivity contribution in [3.05, 3.63) is 77.2 Å². The molecule has 0 aliphatic rings. The van der Waals surface area contributed by atoms with Crippen molar-refractivity contribution in [2.45, 2.75) is 6.42 Å². The highest BCUT2D eigenvalue weighted by Gasteiger charge is 2.04. The summed E-state index contributed by atoms with van der Waals surface area (Å²) in [5.41, 5.74) is 3.30. The molecule has 0 saturated heterocycles. The van der Waals surface area contributed by atoms with Crippen LogP contribution in [0.15, 0.2) is 60.8 Å². The monoisotopic (exact) mass is 268 g/mol. The average molecular weight is 269 g/mol. The van der Waals surface area contributed by atoms with E-state index in [1.54, 1.807) is 0 Å². The van der Waals surface area contributed by atoms with Crippen molar-refractivity contribution >= 4 is 11.6 Å². The summed E-state index contributed by atoms with van der Waals surface area (Å²) < 4.78 is 0. The van der Waals surface area contributed by atoms with E-state index in [0.717, 1.165) is 28.5 Å². The van der Waals surface area contributed by atoms with Gasteiger partial charge in [-0.1, -0.05) is 54.1 Å². The maximum absolute atomic E-state index is 5.88. The van der Waals surface area contributed by atoms with E-state index in [-0.39, 0.29) is 0 Å². The first-order valence-corrected chi connectivity index (χ1v) is 6.53. The molecule has 0 fully saturated rings. The van der Waals surface area contributed by atoms with Crippen LogP contribution in [0, 0.1) is 0 Å². The standard InChI is InChI=1S/C16H13ClN2/c17-14-8-6-12(7-9-14)10-16-18-11-15(19-16)13-4-2-1-3-5-13/h1-9,11H,10H2,(H,18,19). The fourth-order valence-electron chi connectivity index (χ4n) is 2.00. The van der Waals surface area contributed by atoms with Gasteiger partial charge in [-0.25, -0.2) is 4.98 Å². The van der Waals surface area contributed by atoms with Crippen LogP contribution in [0.4, 0.5) is 0 Å². The number of nitrogens with zero attached hydrogens (tertiary/aromatic N) is 1. The molecule has 0 bridgehead atoms. The zero-order chi connectivity index (χ0) is 13.1. The second-order valence-corrected chi connectivity index (χ2v) is 4.84. The molecule has 0 aliphatic heterocycles. The lowest BCUT2D eigenvalue weighted by Gasteiger charge is -1.98. The van der Waals surface area contributed by atoms with Gasteiger partial charge < -0.3 is 4.98 Å². The fraction of sp³-hybridized carbons (Fsp3) is 0.0625. The zero-order valence-electron chi connectivity index (χ0n) is 10.3. The van der Waals surface area contributed by atoms with Crippen molar-refractivity contribution in [2.24, 2.45) is 0 Å². The van der Waals surface area contributed by atoms with Gasteiger partial charge in [0, 0.05) is 23.2 Å². The van der Waals surface area contributed by atoms with Crippen LogP contribution >= 0.6 is 11.6 Å². The van der Waals surface area contributed by atoms with E-state index >= 15 is 0 Å². The van der Waals surface area contributed by atoms with Gasteiger partial charge in [0.1, 0.15) is 5.82 Å². The molecule has 19 heavy (non-hydrogen) atoms. The van der Waals surface area contributed by atoms with Crippen molar-refractivity contribution in [3.8, 4) is 11.3 Å². The Labute approximate surface area is 117 Å². The minimum atomic E-state index is 0.758. The molecule has 3 aromatic rings. The van der Waals surface area contributed by atoms with Crippen molar-refractivity contribution in [2.75, 3.05) is 0 Å². The predicted molar refractivity (Wildman–Crippen MR) is 78.3 cm³/mol. The molecule has 0 aliphatic carbocycles. The van der Waals surface area contributed by atoms with Crippen molar-refractivity contribution in [1.82, 2.24) is 9.97 Å². The summed E-state index contributed by atoms with van der Waals surface area (Å²) in [6.07, 6.45) is 2.73. The van der Waals surface area contributed by atoms with E-state index in [9.17, 15) is 0 Å². The van der Waals surface area contributed by atoms with Crippen molar-refractivity contribution in [3.63, 3.8) is 0 Å². The summed E-state index contributed by atoms with van der Waals surface area (Å²) in [4.78, 5) is 7.83. The van der Waals surface area contributed by atoms with Gasteiger partial charge >= 0.3 is 0 Å². The molecule has 1 N–H and O–H groups in total. The van der Waals surface area contributed by atoms with E-state index in [4.69, 9.17) is 11.6 Å². The molecule has 0 saturated carbocycles. The smallest absolute Gasteiger partial charge is 0.111 e. The number of halogens is 1. The van der Waals surface area contributed by atoms with Crippen LogP contribution in [0.3, 0.4) is 0 Å². The second kappa shape index (κ2) is 5.29. The number of nitrogens with one attached hydrogen (secondary N) is 1. The van der Waals surface area contributed by atoms with Gasteiger partial charge in [-0.2, -0.15) is 0 Å². The summed E-state index contributed by atoms with van der Waals surface area (Å²) >= 11 is 5.88. The molecule has 0 radical (unpaired) electrons. The molecular formula is C16H13ClN2. The number of hydrogen-bond acceptors (Lipinski definition) is 1. The highest BCUT2D eigenvalue weighted by molar-refractivity contribution is 6.30. The Bertz CT molecular complexity index is 657. The van der Waals surface area contributed by atoms with Crippen LogP contribution in [0.2, 0.25) is 5.02 Å². The van der Waals surface area contributed by atoms with E-state index in [0.29, 0.717) is 0 Å². The van der Waals surface area contributed by atoms with E-state index in [1.807, 2.05) is 48.7 Å². The summed E-state index contributed by atoms with van der Waals surface area (Å²) in [7, 11) is 0. The lowest BCUT2D eigenvalue weighted by Crippen LogP contribution is -1.90. The molecule has 3 rings (SSSR count). The predicted octanol–water partition coefficient (Wildman–Crippen LogP) is 4.32. The van der Waals surface area contributed by atoms with Gasteiger partial charge in [0.2, 0.25) is 0 Å². The van der Waals surface area contributed by atoms with Crippen LogP contribution in [0.1, 0.15) is 11.4 Å². The quantitative estimate of drug-likeness (QED) is 0.753. The molecule has 1 aromatic heterocycles. The van der Waals surface area contributed by atoms with Crippen LogP contribution in [0.25, 0.3) is 11.3 Å². The van der Waals surface area contributed by atoms with Gasteiger partial charge in [-0.15, -0.1) is 0 Å². The number of aromatic amines is 1. The third kappa shape index (κ3) is 2.85. The minimum Gasteiger partial charge on any atom is -0.348 e. The van der Waals surface area contributed by atoms with Crippen molar-refractivity contribution in [1.29, 1.82) is 0 Å². The molecule has 2 nitrogen and oxygen atoms in total. The minimum absolute atomic E-state index is 0.758. The summed E-state index contributed by atoms with van der Waals surface area (Å²) in [5.74, 6) is 0.959. The number of H-pyrrole nitrogens is 1. The van der Waals surface area contributed by atoms with Gasteiger partial charge in [0.15, 0.2) is 0 Å².